The third kappa shape index (κ3) is 4.64. The van der Waals surface area contributed by atoms with Crippen LogP contribution in [0.2, 0.25) is 0 Å². The van der Waals surface area contributed by atoms with Gasteiger partial charge in [0.1, 0.15) is 5.75 Å². The Morgan fingerprint density at radius 2 is 1.75 bits per heavy atom. The van der Waals surface area contributed by atoms with Crippen LogP contribution < -0.4 is 9.47 Å². The highest BCUT2D eigenvalue weighted by atomic mass is 79.9. The van der Waals surface area contributed by atoms with Gasteiger partial charge < -0.3 is 19.5 Å². The molecule has 2 aromatic carbocycles. The Bertz CT molecular complexity index is 688. The van der Waals surface area contributed by atoms with Crippen LogP contribution >= 0.6 is 15.9 Å². The summed E-state index contributed by atoms with van der Waals surface area (Å²) in [7, 11) is 3.16. The molecule has 0 aliphatic rings. The van der Waals surface area contributed by atoms with Crippen molar-refractivity contribution in [3.05, 3.63) is 52.0 Å². The van der Waals surface area contributed by atoms with Crippen molar-refractivity contribution in [1.82, 2.24) is 4.90 Å². The minimum absolute atomic E-state index is 0.236. The maximum Gasteiger partial charge on any atom is 0.210 e. The molecule has 0 spiro atoms. The van der Waals surface area contributed by atoms with Gasteiger partial charge in [0.2, 0.25) is 6.41 Å². The predicted octanol–water partition coefficient (Wildman–Crippen LogP) is 3.37. The molecule has 1 amide bonds. The Morgan fingerprint density at radius 3 is 2.33 bits per heavy atom. The van der Waals surface area contributed by atoms with E-state index in [-0.39, 0.29) is 5.75 Å². The number of halogens is 1. The van der Waals surface area contributed by atoms with Crippen molar-refractivity contribution in [2.75, 3.05) is 20.8 Å². The summed E-state index contributed by atoms with van der Waals surface area (Å²) in [5.41, 5.74) is 2.00. The molecule has 24 heavy (non-hydrogen) atoms. The predicted molar refractivity (Wildman–Crippen MR) is 95.5 cm³/mol. The molecule has 2 aromatic rings. The van der Waals surface area contributed by atoms with Crippen LogP contribution in [0.25, 0.3) is 0 Å². The van der Waals surface area contributed by atoms with E-state index >= 15 is 0 Å². The first-order valence-electron chi connectivity index (χ1n) is 7.45. The summed E-state index contributed by atoms with van der Waals surface area (Å²) >= 11 is 3.51. The second-order valence-corrected chi connectivity index (χ2v) is 6.15. The highest BCUT2D eigenvalue weighted by Gasteiger charge is 2.12. The Kier molecular flexibility index (Phi) is 6.49. The summed E-state index contributed by atoms with van der Waals surface area (Å²) < 4.78 is 11.4. The number of ether oxygens (including phenoxy) is 2. The minimum atomic E-state index is 0.236. The molecule has 0 radical (unpaired) electrons. The van der Waals surface area contributed by atoms with E-state index in [2.05, 4.69) is 15.9 Å². The fraction of sp³-hybridized carbons (Fsp3) is 0.278. The van der Waals surface area contributed by atoms with E-state index in [1.807, 2.05) is 24.3 Å². The van der Waals surface area contributed by atoms with Crippen LogP contribution in [-0.2, 0) is 17.8 Å². The van der Waals surface area contributed by atoms with Crippen molar-refractivity contribution in [1.29, 1.82) is 0 Å². The number of hydrogen-bond acceptors (Lipinski definition) is 4. The lowest BCUT2D eigenvalue weighted by molar-refractivity contribution is -0.118. The zero-order chi connectivity index (χ0) is 17.5. The number of carbonyl (C=O) groups is 1. The second kappa shape index (κ2) is 8.59. The van der Waals surface area contributed by atoms with Gasteiger partial charge in [-0.15, -0.1) is 0 Å². The zero-order valence-electron chi connectivity index (χ0n) is 13.7. The number of methoxy groups -OCH3 is 2. The first-order valence-corrected chi connectivity index (χ1v) is 8.24. The van der Waals surface area contributed by atoms with Gasteiger partial charge in [-0.3, -0.25) is 4.79 Å². The standard InChI is InChI=1S/C18H20BrNO4/c1-23-17-9-14(16(19)10-18(17)24-2)11-20(12-21)8-7-13-3-5-15(22)6-4-13/h3-6,9-10,12,22H,7-8,11H2,1-2H3. The lowest BCUT2D eigenvalue weighted by Crippen LogP contribution is -2.24. The van der Waals surface area contributed by atoms with E-state index in [1.54, 1.807) is 31.3 Å². The molecule has 0 bridgehead atoms. The van der Waals surface area contributed by atoms with Crippen LogP contribution in [0, 0.1) is 0 Å². The van der Waals surface area contributed by atoms with Gasteiger partial charge in [0.15, 0.2) is 11.5 Å². The van der Waals surface area contributed by atoms with Crippen molar-refractivity contribution in [2.24, 2.45) is 0 Å². The summed E-state index contributed by atoms with van der Waals surface area (Å²) in [4.78, 5) is 13.1. The molecule has 0 unspecified atom stereocenters. The largest absolute Gasteiger partial charge is 0.508 e. The molecule has 0 heterocycles. The van der Waals surface area contributed by atoms with Crippen molar-refractivity contribution in [3.8, 4) is 17.2 Å². The third-order valence-electron chi connectivity index (χ3n) is 3.70. The number of phenolic OH excluding ortho intramolecular Hbond substituents is 1. The number of phenols is 1. The summed E-state index contributed by atoms with van der Waals surface area (Å²) in [6.45, 7) is 1.04. The number of rotatable bonds is 8. The lowest BCUT2D eigenvalue weighted by Gasteiger charge is -2.19. The Morgan fingerprint density at radius 1 is 1.12 bits per heavy atom. The normalized spacial score (nSPS) is 10.3. The monoisotopic (exact) mass is 393 g/mol. The Labute approximate surface area is 149 Å². The molecule has 6 heteroatoms. The van der Waals surface area contributed by atoms with Crippen LogP contribution in [0.1, 0.15) is 11.1 Å². The number of hydrogen-bond donors (Lipinski definition) is 1. The molecular formula is C18H20BrNO4. The highest BCUT2D eigenvalue weighted by molar-refractivity contribution is 9.10. The van der Waals surface area contributed by atoms with Crippen LogP contribution in [0.15, 0.2) is 40.9 Å². The molecule has 0 saturated heterocycles. The van der Waals surface area contributed by atoms with Crippen molar-refractivity contribution >= 4 is 22.3 Å². The summed E-state index contributed by atoms with van der Waals surface area (Å²) in [5, 5.41) is 9.30. The molecule has 128 valence electrons. The molecule has 0 aliphatic heterocycles. The molecule has 0 fully saturated rings. The Balaban J connectivity index is 2.06. The fourth-order valence-electron chi connectivity index (χ4n) is 2.34. The number of benzene rings is 2. The van der Waals surface area contributed by atoms with Crippen molar-refractivity contribution in [2.45, 2.75) is 13.0 Å². The molecule has 1 N–H and O–H groups in total. The van der Waals surface area contributed by atoms with E-state index in [1.165, 1.54) is 0 Å². The molecule has 0 saturated carbocycles. The van der Waals surface area contributed by atoms with E-state index < -0.39 is 0 Å². The first-order chi connectivity index (χ1) is 11.6. The van der Waals surface area contributed by atoms with Gasteiger partial charge in [0.25, 0.3) is 0 Å². The van der Waals surface area contributed by atoms with E-state index in [4.69, 9.17) is 9.47 Å². The summed E-state index contributed by atoms with van der Waals surface area (Å²) in [6, 6.07) is 10.7. The maximum atomic E-state index is 11.4. The lowest BCUT2D eigenvalue weighted by atomic mass is 10.1. The van der Waals surface area contributed by atoms with Crippen molar-refractivity contribution in [3.63, 3.8) is 0 Å². The van der Waals surface area contributed by atoms with Crippen molar-refractivity contribution < 1.29 is 19.4 Å². The molecule has 0 aliphatic carbocycles. The van der Waals surface area contributed by atoms with E-state index in [0.29, 0.717) is 31.0 Å². The number of carbonyl (C=O) groups excluding carboxylic acids is 1. The summed E-state index contributed by atoms with van der Waals surface area (Å²) in [6.07, 6.45) is 1.55. The van der Waals surface area contributed by atoms with Crippen LogP contribution in [0.4, 0.5) is 0 Å². The molecular weight excluding hydrogens is 374 g/mol. The summed E-state index contributed by atoms with van der Waals surface area (Å²) in [5.74, 6) is 1.50. The van der Waals surface area contributed by atoms with Gasteiger partial charge in [-0.25, -0.2) is 0 Å². The van der Waals surface area contributed by atoms with Gasteiger partial charge in [-0.2, -0.15) is 0 Å². The second-order valence-electron chi connectivity index (χ2n) is 5.29. The minimum Gasteiger partial charge on any atom is -0.508 e. The average Bonchev–Trinajstić information content (AvgIpc) is 2.60. The number of aromatic hydroxyl groups is 1. The van der Waals surface area contributed by atoms with Gasteiger partial charge in [-0.05, 0) is 41.8 Å². The maximum absolute atomic E-state index is 11.4. The quantitative estimate of drug-likeness (QED) is 0.698. The molecule has 5 nitrogen and oxygen atoms in total. The number of nitrogens with zero attached hydrogens (tertiary/aromatic N) is 1. The zero-order valence-corrected chi connectivity index (χ0v) is 15.2. The van der Waals surface area contributed by atoms with Gasteiger partial charge >= 0.3 is 0 Å². The number of amides is 1. The van der Waals surface area contributed by atoms with Crippen LogP contribution in [-0.4, -0.2) is 37.2 Å². The van der Waals surface area contributed by atoms with E-state index in [0.717, 1.165) is 22.0 Å². The fourth-order valence-corrected chi connectivity index (χ4v) is 2.79. The van der Waals surface area contributed by atoms with E-state index in [9.17, 15) is 9.90 Å². The van der Waals surface area contributed by atoms with Gasteiger partial charge in [0, 0.05) is 17.6 Å². The molecule has 0 atom stereocenters. The Hall–Kier alpha value is -2.21. The topological polar surface area (TPSA) is 59.0 Å². The smallest absolute Gasteiger partial charge is 0.210 e. The van der Waals surface area contributed by atoms with Crippen LogP contribution in [0.3, 0.4) is 0 Å². The van der Waals surface area contributed by atoms with Crippen LogP contribution in [0.5, 0.6) is 17.2 Å². The highest BCUT2D eigenvalue weighted by Crippen LogP contribution is 2.33. The first kappa shape index (κ1) is 18.1. The van der Waals surface area contributed by atoms with Gasteiger partial charge in [0.05, 0.1) is 14.2 Å². The average molecular weight is 394 g/mol. The van der Waals surface area contributed by atoms with Gasteiger partial charge in [-0.1, -0.05) is 28.1 Å². The third-order valence-corrected chi connectivity index (χ3v) is 4.44. The molecule has 2 rings (SSSR count). The SMILES string of the molecule is COc1cc(Br)c(CN(C=O)CCc2ccc(O)cc2)cc1OC. The molecule has 0 aromatic heterocycles.